The van der Waals surface area contributed by atoms with Crippen LogP contribution in [0, 0.1) is 11.6 Å². The zero-order chi connectivity index (χ0) is 24.4. The number of aromatic nitrogens is 5. The van der Waals surface area contributed by atoms with Crippen molar-refractivity contribution < 1.29 is 17.9 Å². The molecule has 5 rings (SSSR count). The van der Waals surface area contributed by atoms with Gasteiger partial charge in [-0.3, -0.25) is 4.57 Å². The molecule has 0 spiro atoms. The molecule has 176 valence electrons. The third kappa shape index (κ3) is 4.78. The summed E-state index contributed by atoms with van der Waals surface area (Å²) in [7, 11) is 1.60. The van der Waals surface area contributed by atoms with Gasteiger partial charge in [0.05, 0.1) is 12.4 Å². The minimum absolute atomic E-state index is 0.265. The minimum Gasteiger partial charge on any atom is -0.497 e. The van der Waals surface area contributed by atoms with E-state index in [1.54, 1.807) is 35.9 Å². The van der Waals surface area contributed by atoms with E-state index in [9.17, 15) is 8.78 Å². The Bertz CT molecular complexity index is 1430. The first-order chi connectivity index (χ1) is 17.0. The first-order valence-corrected chi connectivity index (χ1v) is 11.5. The molecule has 0 saturated carbocycles. The highest BCUT2D eigenvalue weighted by atomic mass is 32.2. The summed E-state index contributed by atoms with van der Waals surface area (Å²) in [6, 6.07) is 19.3. The molecule has 2 heterocycles. The number of rotatable bonds is 7. The lowest BCUT2D eigenvalue weighted by Crippen LogP contribution is -2.01. The van der Waals surface area contributed by atoms with Gasteiger partial charge >= 0.3 is 0 Å². The van der Waals surface area contributed by atoms with Crippen LogP contribution in [0.1, 0.15) is 18.1 Å². The number of nitrogens with zero attached hydrogens (tertiary/aromatic N) is 5. The van der Waals surface area contributed by atoms with Crippen LogP contribution < -0.4 is 4.74 Å². The molecule has 7 nitrogen and oxygen atoms in total. The number of thioether (sulfide) groups is 1. The van der Waals surface area contributed by atoms with Crippen LogP contribution in [0.25, 0.3) is 28.5 Å². The summed E-state index contributed by atoms with van der Waals surface area (Å²) in [4.78, 5) is 0. The Balaban J connectivity index is 1.46. The maximum Gasteiger partial charge on any atom is 0.247 e. The number of hydrogen-bond acceptors (Lipinski definition) is 7. The topological polar surface area (TPSA) is 78.9 Å². The molecule has 0 N–H and O–H groups in total. The lowest BCUT2D eigenvalue weighted by Gasteiger charge is -2.12. The van der Waals surface area contributed by atoms with Gasteiger partial charge < -0.3 is 9.15 Å². The highest BCUT2D eigenvalue weighted by molar-refractivity contribution is 7.99. The Hall–Kier alpha value is -4.05. The smallest absolute Gasteiger partial charge is 0.247 e. The molecular formula is C25H19F2N5O2S. The van der Waals surface area contributed by atoms with Gasteiger partial charge in [-0.1, -0.05) is 11.8 Å². The van der Waals surface area contributed by atoms with Gasteiger partial charge in [-0.2, -0.15) is 0 Å². The number of halogens is 2. The zero-order valence-electron chi connectivity index (χ0n) is 18.7. The van der Waals surface area contributed by atoms with Crippen LogP contribution >= 0.6 is 11.8 Å². The van der Waals surface area contributed by atoms with Crippen molar-refractivity contribution in [1.82, 2.24) is 25.0 Å². The fourth-order valence-corrected chi connectivity index (χ4v) is 4.31. The van der Waals surface area contributed by atoms with E-state index in [2.05, 4.69) is 20.4 Å². The Labute approximate surface area is 203 Å². The van der Waals surface area contributed by atoms with Gasteiger partial charge in [-0.15, -0.1) is 20.4 Å². The van der Waals surface area contributed by atoms with E-state index in [0.29, 0.717) is 34.0 Å². The SMILES string of the molecule is COc1ccc(-c2nnc([C@H](C)Sc3nnc(-c4ccc(F)cc4)n3-c3ccc(F)cc3)o2)cc1. The van der Waals surface area contributed by atoms with Crippen molar-refractivity contribution in [3.63, 3.8) is 0 Å². The summed E-state index contributed by atoms with van der Waals surface area (Å²) in [6.07, 6.45) is 0. The second kappa shape index (κ2) is 9.67. The van der Waals surface area contributed by atoms with Crippen LogP contribution in [0.4, 0.5) is 8.78 Å². The number of hydrogen-bond donors (Lipinski definition) is 0. The lowest BCUT2D eigenvalue weighted by atomic mass is 10.2. The normalized spacial score (nSPS) is 12.0. The minimum atomic E-state index is -0.357. The van der Waals surface area contributed by atoms with Gasteiger partial charge in [0.25, 0.3) is 0 Å². The summed E-state index contributed by atoms with van der Waals surface area (Å²) in [6.45, 7) is 1.91. The van der Waals surface area contributed by atoms with Crippen molar-refractivity contribution in [3.05, 3.63) is 90.3 Å². The molecule has 0 unspecified atom stereocenters. The van der Waals surface area contributed by atoms with Crippen molar-refractivity contribution in [2.45, 2.75) is 17.3 Å². The average molecular weight is 492 g/mol. The van der Waals surface area contributed by atoms with E-state index in [-0.39, 0.29) is 16.9 Å². The predicted molar refractivity (Wildman–Crippen MR) is 127 cm³/mol. The molecule has 0 aliphatic heterocycles. The second-order valence-electron chi connectivity index (χ2n) is 7.56. The molecule has 0 aliphatic carbocycles. The van der Waals surface area contributed by atoms with Gasteiger partial charge in [0, 0.05) is 16.8 Å². The van der Waals surface area contributed by atoms with Crippen LogP contribution in [0.3, 0.4) is 0 Å². The fraction of sp³-hybridized carbons (Fsp3) is 0.120. The largest absolute Gasteiger partial charge is 0.497 e. The van der Waals surface area contributed by atoms with Crippen molar-refractivity contribution >= 4 is 11.8 Å². The van der Waals surface area contributed by atoms with E-state index in [0.717, 1.165) is 11.3 Å². The van der Waals surface area contributed by atoms with E-state index < -0.39 is 0 Å². The van der Waals surface area contributed by atoms with Gasteiger partial charge in [-0.05, 0) is 79.7 Å². The van der Waals surface area contributed by atoms with E-state index in [1.165, 1.54) is 36.0 Å². The van der Waals surface area contributed by atoms with E-state index in [4.69, 9.17) is 9.15 Å². The van der Waals surface area contributed by atoms with Crippen LogP contribution in [-0.4, -0.2) is 32.1 Å². The summed E-state index contributed by atoms with van der Waals surface area (Å²) in [5.74, 6) is 1.32. The van der Waals surface area contributed by atoms with E-state index in [1.807, 2.05) is 31.2 Å². The standard InChI is InChI=1S/C25H19F2N5O2S/c1-15(23-29-30-24(34-23)17-5-13-21(33-2)14-6-17)35-25-31-28-22(16-3-7-18(26)8-4-16)32(25)20-11-9-19(27)10-12-20/h3-15H,1-2H3/t15-/m0/s1. The molecule has 0 fully saturated rings. The van der Waals surface area contributed by atoms with Crippen molar-refractivity contribution in [1.29, 1.82) is 0 Å². The molecular weight excluding hydrogens is 472 g/mol. The van der Waals surface area contributed by atoms with Crippen LogP contribution in [-0.2, 0) is 0 Å². The lowest BCUT2D eigenvalue weighted by molar-refractivity contribution is 0.415. The summed E-state index contributed by atoms with van der Waals surface area (Å²) in [5.41, 5.74) is 2.10. The van der Waals surface area contributed by atoms with Gasteiger partial charge in [0.1, 0.15) is 17.4 Å². The monoisotopic (exact) mass is 491 g/mol. The quantitative estimate of drug-likeness (QED) is 0.254. The molecule has 0 saturated heterocycles. The first-order valence-electron chi connectivity index (χ1n) is 10.6. The van der Waals surface area contributed by atoms with Crippen LogP contribution in [0.15, 0.2) is 82.4 Å². The number of benzene rings is 3. The molecule has 1 atom stereocenters. The van der Waals surface area contributed by atoms with Gasteiger partial charge in [0.15, 0.2) is 11.0 Å². The van der Waals surface area contributed by atoms with Crippen LogP contribution in [0.5, 0.6) is 5.75 Å². The van der Waals surface area contributed by atoms with E-state index >= 15 is 0 Å². The molecule has 0 amide bonds. The molecule has 0 bridgehead atoms. The number of methoxy groups -OCH3 is 1. The fourth-order valence-electron chi connectivity index (χ4n) is 3.41. The van der Waals surface area contributed by atoms with Crippen molar-refractivity contribution in [3.8, 4) is 34.3 Å². The number of ether oxygens (including phenoxy) is 1. The molecule has 3 aromatic carbocycles. The maximum atomic E-state index is 13.6. The molecule has 5 aromatic rings. The molecule has 35 heavy (non-hydrogen) atoms. The maximum absolute atomic E-state index is 13.6. The first kappa shape index (κ1) is 22.7. The third-order valence-electron chi connectivity index (χ3n) is 5.23. The van der Waals surface area contributed by atoms with Gasteiger partial charge in [-0.25, -0.2) is 8.78 Å². The summed E-state index contributed by atoms with van der Waals surface area (Å²) >= 11 is 1.36. The zero-order valence-corrected chi connectivity index (χ0v) is 19.5. The third-order valence-corrected chi connectivity index (χ3v) is 6.26. The second-order valence-corrected chi connectivity index (χ2v) is 8.87. The molecule has 0 radical (unpaired) electrons. The molecule has 0 aliphatic rings. The van der Waals surface area contributed by atoms with Gasteiger partial charge in [0.2, 0.25) is 11.8 Å². The Kier molecular flexibility index (Phi) is 6.28. The Morgan fingerprint density at radius 3 is 2.09 bits per heavy atom. The Morgan fingerprint density at radius 2 is 1.43 bits per heavy atom. The highest BCUT2D eigenvalue weighted by Crippen LogP contribution is 2.37. The Morgan fingerprint density at radius 1 is 0.800 bits per heavy atom. The van der Waals surface area contributed by atoms with Crippen molar-refractivity contribution in [2.24, 2.45) is 0 Å². The van der Waals surface area contributed by atoms with Crippen molar-refractivity contribution in [2.75, 3.05) is 7.11 Å². The summed E-state index contributed by atoms with van der Waals surface area (Å²) in [5, 5.41) is 17.3. The average Bonchev–Trinajstić information content (AvgIpc) is 3.53. The molecule has 2 aromatic heterocycles. The summed E-state index contributed by atoms with van der Waals surface area (Å²) < 4.78 is 40.0. The highest BCUT2D eigenvalue weighted by Gasteiger charge is 2.22. The predicted octanol–water partition coefficient (Wildman–Crippen LogP) is 6.12. The molecule has 10 heteroatoms. The van der Waals surface area contributed by atoms with Crippen LogP contribution in [0.2, 0.25) is 0 Å².